The van der Waals surface area contributed by atoms with Crippen LogP contribution >= 0.6 is 0 Å². The topological polar surface area (TPSA) is 49.9 Å². The van der Waals surface area contributed by atoms with Gasteiger partial charge in [0, 0.05) is 18.0 Å². The first-order chi connectivity index (χ1) is 18.0. The molecule has 2 aliphatic rings. The predicted molar refractivity (Wildman–Crippen MR) is 145 cm³/mol. The van der Waals surface area contributed by atoms with Gasteiger partial charge in [0.05, 0.1) is 11.4 Å². The van der Waals surface area contributed by atoms with Crippen molar-refractivity contribution < 1.29 is 14.3 Å². The Hall–Kier alpha value is -4.38. The minimum absolute atomic E-state index is 0.0879. The summed E-state index contributed by atoms with van der Waals surface area (Å²) >= 11 is 0. The maximum absolute atomic E-state index is 13.9. The molecule has 6 rings (SSSR count). The zero-order valence-corrected chi connectivity index (χ0v) is 20.9. The third-order valence-electron chi connectivity index (χ3n) is 7.50. The number of hydrogen-bond acceptors (Lipinski definition) is 3. The first kappa shape index (κ1) is 23.0. The van der Waals surface area contributed by atoms with Crippen molar-refractivity contribution >= 4 is 23.2 Å². The van der Waals surface area contributed by atoms with Crippen LogP contribution in [0.2, 0.25) is 0 Å². The van der Waals surface area contributed by atoms with Crippen LogP contribution in [0.3, 0.4) is 0 Å². The third-order valence-corrected chi connectivity index (χ3v) is 7.50. The number of carbonyl (C=O) groups excluding carboxylic acids is 2. The van der Waals surface area contributed by atoms with E-state index >= 15 is 0 Å². The summed E-state index contributed by atoms with van der Waals surface area (Å²) in [6, 6.07) is 34.6. The second-order valence-electron chi connectivity index (χ2n) is 9.86. The van der Waals surface area contributed by atoms with Crippen molar-refractivity contribution in [2.45, 2.75) is 38.0 Å². The molecule has 2 heterocycles. The fraction of sp³-hybridized carbons (Fsp3) is 0.188. The molecular formula is C32H28N2O3. The smallest absolute Gasteiger partial charge is 0.271 e. The molecule has 184 valence electrons. The summed E-state index contributed by atoms with van der Waals surface area (Å²) in [7, 11) is 0. The second kappa shape index (κ2) is 8.93. The van der Waals surface area contributed by atoms with E-state index in [9.17, 15) is 9.59 Å². The molecule has 0 spiro atoms. The standard InChI is InChI=1S/C32H28N2O3/c1-22-17-19-25(20-18-22)32-21-23(2)33(30(35)24-11-5-3-6-12-24)27-15-9-10-16-28(27)34(32)31(36)29(32)37-26-13-7-4-8-14-26/h3-20,23,29H,21H2,1-2H3/t23-,29+,32-/m0/s1. The number of β-lactam (4-membered cyclic amide) rings is 1. The average Bonchev–Trinajstić information content (AvgIpc) is 3.03. The van der Waals surface area contributed by atoms with Crippen LogP contribution in [0.5, 0.6) is 5.75 Å². The van der Waals surface area contributed by atoms with E-state index in [2.05, 4.69) is 31.2 Å². The molecule has 0 N–H and O–H groups in total. The summed E-state index contributed by atoms with van der Waals surface area (Å²) in [5.74, 6) is 0.447. The monoisotopic (exact) mass is 488 g/mol. The summed E-state index contributed by atoms with van der Waals surface area (Å²) in [6.07, 6.45) is -0.202. The molecule has 4 aromatic rings. The highest BCUT2D eigenvalue weighted by molar-refractivity contribution is 6.14. The molecule has 0 saturated carbocycles. The van der Waals surface area contributed by atoms with Crippen molar-refractivity contribution in [2.75, 3.05) is 9.80 Å². The van der Waals surface area contributed by atoms with Crippen LogP contribution in [-0.2, 0) is 10.3 Å². The number of aryl methyl sites for hydroxylation is 1. The van der Waals surface area contributed by atoms with Gasteiger partial charge in [-0.2, -0.15) is 0 Å². The molecule has 0 radical (unpaired) electrons. The van der Waals surface area contributed by atoms with E-state index in [1.54, 1.807) is 0 Å². The molecule has 2 aliphatic heterocycles. The molecule has 0 aliphatic carbocycles. The van der Waals surface area contributed by atoms with E-state index < -0.39 is 11.6 Å². The van der Waals surface area contributed by atoms with Crippen LogP contribution in [0, 0.1) is 6.92 Å². The Balaban J connectivity index is 1.53. The molecule has 3 atom stereocenters. The van der Waals surface area contributed by atoms with E-state index in [4.69, 9.17) is 4.74 Å². The van der Waals surface area contributed by atoms with E-state index in [-0.39, 0.29) is 17.9 Å². The van der Waals surface area contributed by atoms with Gasteiger partial charge in [-0.25, -0.2) is 0 Å². The molecule has 2 amide bonds. The Kier molecular flexibility index (Phi) is 5.56. The van der Waals surface area contributed by atoms with E-state index in [0.29, 0.717) is 17.7 Å². The van der Waals surface area contributed by atoms with Gasteiger partial charge in [-0.15, -0.1) is 0 Å². The lowest BCUT2D eigenvalue weighted by Crippen LogP contribution is -2.75. The maximum Gasteiger partial charge on any atom is 0.271 e. The maximum atomic E-state index is 13.9. The number of ether oxygens (including phenoxy) is 1. The summed E-state index contributed by atoms with van der Waals surface area (Å²) < 4.78 is 6.42. The number of benzene rings is 4. The van der Waals surface area contributed by atoms with Crippen molar-refractivity contribution in [1.82, 2.24) is 0 Å². The van der Waals surface area contributed by atoms with Gasteiger partial charge in [0.1, 0.15) is 11.3 Å². The summed E-state index contributed by atoms with van der Waals surface area (Å²) in [5, 5.41) is 0. The highest BCUT2D eigenvalue weighted by Gasteiger charge is 2.66. The number of rotatable bonds is 4. The molecule has 1 fully saturated rings. The molecule has 0 aromatic heterocycles. The summed E-state index contributed by atoms with van der Waals surface area (Å²) in [5.41, 5.74) is 3.41. The lowest BCUT2D eigenvalue weighted by molar-refractivity contribution is -0.142. The number of carbonyl (C=O) groups is 2. The molecule has 37 heavy (non-hydrogen) atoms. The van der Waals surface area contributed by atoms with Gasteiger partial charge in [-0.3, -0.25) is 14.5 Å². The van der Waals surface area contributed by atoms with Crippen molar-refractivity contribution in [3.8, 4) is 5.75 Å². The number of fused-ring (bicyclic) bond motifs is 3. The van der Waals surface area contributed by atoms with Crippen LogP contribution in [0.1, 0.15) is 34.8 Å². The van der Waals surface area contributed by atoms with Gasteiger partial charge in [0.25, 0.3) is 11.8 Å². The third kappa shape index (κ3) is 3.61. The van der Waals surface area contributed by atoms with Gasteiger partial charge in [-0.1, -0.05) is 78.4 Å². The molecule has 5 nitrogen and oxygen atoms in total. The predicted octanol–water partition coefficient (Wildman–Crippen LogP) is 6.12. The van der Waals surface area contributed by atoms with E-state index in [0.717, 1.165) is 22.5 Å². The van der Waals surface area contributed by atoms with Crippen LogP contribution in [0.15, 0.2) is 109 Å². The number of para-hydroxylation sites is 3. The van der Waals surface area contributed by atoms with Crippen molar-refractivity contribution in [3.63, 3.8) is 0 Å². The van der Waals surface area contributed by atoms with Crippen LogP contribution < -0.4 is 14.5 Å². The van der Waals surface area contributed by atoms with Gasteiger partial charge in [0.15, 0.2) is 0 Å². The molecule has 1 saturated heterocycles. The number of nitrogens with zero attached hydrogens (tertiary/aromatic N) is 2. The first-order valence-corrected chi connectivity index (χ1v) is 12.6. The minimum atomic E-state index is -0.776. The average molecular weight is 489 g/mol. The van der Waals surface area contributed by atoms with Crippen molar-refractivity contribution in [2.24, 2.45) is 0 Å². The van der Waals surface area contributed by atoms with Gasteiger partial charge >= 0.3 is 0 Å². The zero-order chi connectivity index (χ0) is 25.6. The van der Waals surface area contributed by atoms with Crippen LogP contribution in [0.25, 0.3) is 0 Å². The number of amides is 2. The Morgan fingerprint density at radius 2 is 1.41 bits per heavy atom. The van der Waals surface area contributed by atoms with Crippen molar-refractivity contribution in [3.05, 3.63) is 126 Å². The highest BCUT2D eigenvalue weighted by Crippen LogP contribution is 2.54. The quantitative estimate of drug-likeness (QED) is 0.325. The normalized spacial score (nSPS) is 22.4. The first-order valence-electron chi connectivity index (χ1n) is 12.6. The molecule has 0 bridgehead atoms. The molecule has 5 heteroatoms. The number of hydrogen-bond donors (Lipinski definition) is 0. The molecule has 4 aromatic carbocycles. The Labute approximate surface area is 216 Å². The molecular weight excluding hydrogens is 460 g/mol. The Bertz CT molecular complexity index is 1450. The van der Waals surface area contributed by atoms with Crippen LogP contribution in [0.4, 0.5) is 11.4 Å². The zero-order valence-electron chi connectivity index (χ0n) is 20.9. The van der Waals surface area contributed by atoms with E-state index in [1.807, 2.05) is 102 Å². The molecule has 0 unspecified atom stereocenters. The fourth-order valence-electron chi connectivity index (χ4n) is 5.79. The lowest BCUT2D eigenvalue weighted by atomic mass is 9.70. The largest absolute Gasteiger partial charge is 0.478 e. The SMILES string of the molecule is Cc1ccc([C@]23C[C@H](C)N(C(=O)c4ccccc4)c4ccccc4N2C(=O)[C@H]3Oc2ccccc2)cc1. The lowest BCUT2D eigenvalue weighted by Gasteiger charge is -2.56. The summed E-state index contributed by atoms with van der Waals surface area (Å²) in [4.78, 5) is 31.5. The summed E-state index contributed by atoms with van der Waals surface area (Å²) in [6.45, 7) is 4.10. The fourth-order valence-corrected chi connectivity index (χ4v) is 5.79. The second-order valence-corrected chi connectivity index (χ2v) is 9.86. The minimum Gasteiger partial charge on any atom is -0.478 e. The highest BCUT2D eigenvalue weighted by atomic mass is 16.5. The van der Waals surface area contributed by atoms with Crippen LogP contribution in [-0.4, -0.2) is 24.0 Å². The number of anilines is 2. The van der Waals surface area contributed by atoms with Gasteiger partial charge in [-0.05, 0) is 55.8 Å². The van der Waals surface area contributed by atoms with Crippen molar-refractivity contribution in [1.29, 1.82) is 0 Å². The Morgan fingerprint density at radius 3 is 2.08 bits per heavy atom. The Morgan fingerprint density at radius 1 is 0.811 bits per heavy atom. The van der Waals surface area contributed by atoms with Gasteiger partial charge in [0.2, 0.25) is 6.10 Å². The van der Waals surface area contributed by atoms with Gasteiger partial charge < -0.3 is 9.64 Å². The van der Waals surface area contributed by atoms with E-state index in [1.165, 1.54) is 0 Å².